The first kappa shape index (κ1) is 13.7. The van der Waals surface area contributed by atoms with Gasteiger partial charge in [-0.1, -0.05) is 32.4 Å². The highest BCUT2D eigenvalue weighted by Crippen LogP contribution is 2.37. The minimum atomic E-state index is -0.367. The number of hydrogen-bond acceptors (Lipinski definition) is 2. The van der Waals surface area contributed by atoms with Crippen LogP contribution in [0.25, 0.3) is 0 Å². The Hall–Kier alpha value is -1.71. The molecule has 4 heteroatoms. The van der Waals surface area contributed by atoms with Crippen LogP contribution in [0.1, 0.15) is 38.2 Å². The second-order valence-electron chi connectivity index (χ2n) is 5.20. The van der Waals surface area contributed by atoms with Crippen LogP contribution < -0.4 is 5.32 Å². The molecule has 0 spiro atoms. The lowest BCUT2D eigenvalue weighted by atomic mass is 9.73. The lowest BCUT2D eigenvalue weighted by molar-refractivity contribution is -0.137. The number of amides is 2. The molecule has 1 aliphatic rings. The average molecular weight is 263 g/mol. The second kappa shape index (κ2) is 5.51. The Morgan fingerprint density at radius 1 is 1.32 bits per heavy atom. The first-order valence-electron chi connectivity index (χ1n) is 6.62. The smallest absolute Gasteiger partial charge is 0.234 e. The normalized spacial score (nSPS) is 25.0. The van der Waals surface area contributed by atoms with Gasteiger partial charge in [0.25, 0.3) is 0 Å². The SMILES string of the molecule is CCC(C)C1CC(=O)NC(=O)C1c1ccc(F)cc1. The molecule has 0 saturated carbocycles. The highest BCUT2D eigenvalue weighted by Gasteiger charge is 2.39. The van der Waals surface area contributed by atoms with Gasteiger partial charge in [0.2, 0.25) is 11.8 Å². The quantitative estimate of drug-likeness (QED) is 0.852. The van der Waals surface area contributed by atoms with Gasteiger partial charge in [0.15, 0.2) is 0 Å². The summed E-state index contributed by atoms with van der Waals surface area (Å²) in [5, 5.41) is 2.38. The summed E-state index contributed by atoms with van der Waals surface area (Å²) in [5.41, 5.74) is 0.775. The molecule has 1 aromatic carbocycles. The molecule has 1 saturated heterocycles. The molecule has 2 amide bonds. The molecule has 1 aromatic rings. The molecule has 0 bridgehead atoms. The van der Waals surface area contributed by atoms with Crippen molar-refractivity contribution >= 4 is 11.8 Å². The van der Waals surface area contributed by atoms with E-state index in [1.807, 2.05) is 13.8 Å². The molecule has 2 rings (SSSR count). The Bertz CT molecular complexity index is 483. The van der Waals surface area contributed by atoms with E-state index in [9.17, 15) is 14.0 Å². The minimum absolute atomic E-state index is 0.0169. The van der Waals surface area contributed by atoms with E-state index in [-0.39, 0.29) is 35.4 Å². The van der Waals surface area contributed by atoms with E-state index in [1.165, 1.54) is 12.1 Å². The van der Waals surface area contributed by atoms with Crippen LogP contribution in [0.4, 0.5) is 4.39 Å². The zero-order valence-electron chi connectivity index (χ0n) is 11.2. The molecule has 0 aliphatic carbocycles. The Morgan fingerprint density at radius 2 is 1.95 bits per heavy atom. The van der Waals surface area contributed by atoms with Crippen LogP contribution in [0.5, 0.6) is 0 Å². The number of benzene rings is 1. The molecule has 0 radical (unpaired) electrons. The summed E-state index contributed by atoms with van der Waals surface area (Å²) >= 11 is 0. The summed E-state index contributed by atoms with van der Waals surface area (Å²) in [4.78, 5) is 23.6. The Balaban J connectivity index is 2.34. The monoisotopic (exact) mass is 263 g/mol. The zero-order valence-corrected chi connectivity index (χ0v) is 11.2. The van der Waals surface area contributed by atoms with Crippen LogP contribution in [-0.4, -0.2) is 11.8 Å². The lowest BCUT2D eigenvalue weighted by Gasteiger charge is -2.34. The van der Waals surface area contributed by atoms with Crippen molar-refractivity contribution in [3.8, 4) is 0 Å². The third-order valence-electron chi connectivity index (χ3n) is 4.00. The molecular weight excluding hydrogens is 245 g/mol. The molecular formula is C15H18FNO2. The summed E-state index contributed by atoms with van der Waals surface area (Å²) in [6.07, 6.45) is 1.26. The van der Waals surface area contributed by atoms with Crippen LogP contribution in [0.2, 0.25) is 0 Å². The molecule has 3 nitrogen and oxygen atoms in total. The summed E-state index contributed by atoms with van der Waals surface area (Å²) in [7, 11) is 0. The molecule has 3 unspecified atom stereocenters. The van der Waals surface area contributed by atoms with Crippen molar-refractivity contribution in [1.82, 2.24) is 5.32 Å². The molecule has 102 valence electrons. The van der Waals surface area contributed by atoms with Crippen LogP contribution in [0.3, 0.4) is 0 Å². The average Bonchev–Trinajstić information content (AvgIpc) is 2.38. The van der Waals surface area contributed by atoms with E-state index in [4.69, 9.17) is 0 Å². The maximum atomic E-state index is 13.0. The van der Waals surface area contributed by atoms with E-state index in [1.54, 1.807) is 12.1 Å². The summed E-state index contributed by atoms with van der Waals surface area (Å²) in [6, 6.07) is 5.97. The standard InChI is InChI=1S/C15H18FNO2/c1-3-9(2)12-8-13(18)17-15(19)14(12)10-4-6-11(16)7-5-10/h4-7,9,12,14H,3,8H2,1-2H3,(H,17,18,19). The summed E-state index contributed by atoms with van der Waals surface area (Å²) in [5.74, 6) is -0.923. The Kier molecular flexibility index (Phi) is 3.98. The van der Waals surface area contributed by atoms with Crippen molar-refractivity contribution < 1.29 is 14.0 Å². The van der Waals surface area contributed by atoms with Crippen molar-refractivity contribution in [1.29, 1.82) is 0 Å². The van der Waals surface area contributed by atoms with Crippen LogP contribution in [0, 0.1) is 17.7 Å². The van der Waals surface area contributed by atoms with Crippen LogP contribution in [0.15, 0.2) is 24.3 Å². The maximum absolute atomic E-state index is 13.0. The van der Waals surface area contributed by atoms with Crippen molar-refractivity contribution in [2.45, 2.75) is 32.6 Å². The molecule has 3 atom stereocenters. The fourth-order valence-electron chi connectivity index (χ4n) is 2.69. The van der Waals surface area contributed by atoms with Gasteiger partial charge >= 0.3 is 0 Å². The first-order chi connectivity index (χ1) is 9.02. The summed E-state index contributed by atoms with van der Waals surface area (Å²) in [6.45, 7) is 4.09. The number of imide groups is 1. The fraction of sp³-hybridized carbons (Fsp3) is 0.467. The predicted molar refractivity (Wildman–Crippen MR) is 69.9 cm³/mol. The van der Waals surface area contributed by atoms with Crippen molar-refractivity contribution in [3.63, 3.8) is 0 Å². The minimum Gasteiger partial charge on any atom is -0.296 e. The van der Waals surface area contributed by atoms with Gasteiger partial charge in [0.05, 0.1) is 5.92 Å². The Labute approximate surface area is 112 Å². The molecule has 19 heavy (non-hydrogen) atoms. The van der Waals surface area contributed by atoms with E-state index < -0.39 is 0 Å². The van der Waals surface area contributed by atoms with Gasteiger partial charge in [-0.15, -0.1) is 0 Å². The number of rotatable bonds is 3. The number of carbonyl (C=O) groups is 2. The van der Waals surface area contributed by atoms with E-state index in [0.717, 1.165) is 12.0 Å². The van der Waals surface area contributed by atoms with Crippen LogP contribution >= 0.6 is 0 Å². The van der Waals surface area contributed by atoms with E-state index in [0.29, 0.717) is 6.42 Å². The van der Waals surface area contributed by atoms with Gasteiger partial charge in [-0.25, -0.2) is 4.39 Å². The van der Waals surface area contributed by atoms with Gasteiger partial charge in [-0.3, -0.25) is 14.9 Å². The van der Waals surface area contributed by atoms with Gasteiger partial charge in [-0.05, 0) is 29.5 Å². The largest absolute Gasteiger partial charge is 0.296 e. The van der Waals surface area contributed by atoms with Crippen LogP contribution in [-0.2, 0) is 9.59 Å². The highest BCUT2D eigenvalue weighted by molar-refractivity contribution is 6.01. The van der Waals surface area contributed by atoms with Gasteiger partial charge < -0.3 is 0 Å². The van der Waals surface area contributed by atoms with Crippen molar-refractivity contribution in [2.24, 2.45) is 11.8 Å². The topological polar surface area (TPSA) is 46.2 Å². The number of halogens is 1. The first-order valence-corrected chi connectivity index (χ1v) is 6.62. The number of carbonyl (C=O) groups excluding carboxylic acids is 2. The van der Waals surface area contributed by atoms with Crippen molar-refractivity contribution in [3.05, 3.63) is 35.6 Å². The molecule has 1 fully saturated rings. The number of nitrogens with one attached hydrogen (secondary N) is 1. The third kappa shape index (κ3) is 2.83. The number of hydrogen-bond donors (Lipinski definition) is 1. The molecule has 1 heterocycles. The van der Waals surface area contributed by atoms with E-state index >= 15 is 0 Å². The highest BCUT2D eigenvalue weighted by atomic mass is 19.1. The van der Waals surface area contributed by atoms with Gasteiger partial charge in [0, 0.05) is 6.42 Å². The lowest BCUT2D eigenvalue weighted by Crippen LogP contribution is -2.46. The molecule has 1 aliphatic heterocycles. The van der Waals surface area contributed by atoms with Gasteiger partial charge in [-0.2, -0.15) is 0 Å². The maximum Gasteiger partial charge on any atom is 0.234 e. The van der Waals surface area contributed by atoms with Gasteiger partial charge in [0.1, 0.15) is 5.82 Å². The second-order valence-corrected chi connectivity index (χ2v) is 5.20. The fourth-order valence-corrected chi connectivity index (χ4v) is 2.69. The zero-order chi connectivity index (χ0) is 14.0. The van der Waals surface area contributed by atoms with E-state index in [2.05, 4.69) is 5.32 Å². The van der Waals surface area contributed by atoms with Crippen molar-refractivity contribution in [2.75, 3.05) is 0 Å². The predicted octanol–water partition coefficient (Wildman–Crippen LogP) is 2.62. The molecule has 0 aromatic heterocycles. The summed E-state index contributed by atoms with van der Waals surface area (Å²) < 4.78 is 13.0. The molecule has 1 N–H and O–H groups in total. The number of piperidine rings is 1. The third-order valence-corrected chi connectivity index (χ3v) is 4.00. The Morgan fingerprint density at radius 3 is 2.53 bits per heavy atom.